The molecule has 0 spiro atoms. The van der Waals surface area contributed by atoms with Gasteiger partial charge in [-0.3, -0.25) is 38.4 Å². The Labute approximate surface area is 457 Å². The highest BCUT2D eigenvalue weighted by Crippen LogP contribution is 2.50. The Kier molecular flexibility index (Phi) is 16.9. The molecule has 4 aliphatic heterocycles. The van der Waals surface area contributed by atoms with E-state index in [9.17, 15) is 38.4 Å². The molecule has 0 bridgehead atoms. The molecule has 3 aliphatic carbocycles. The van der Waals surface area contributed by atoms with Crippen LogP contribution in [0.1, 0.15) is 153 Å². The highest BCUT2D eigenvalue weighted by Gasteiger charge is 2.57. The van der Waals surface area contributed by atoms with E-state index >= 15 is 0 Å². The zero-order valence-electron chi connectivity index (χ0n) is 45.8. The lowest BCUT2D eigenvalue weighted by atomic mass is 9.80. The molecule has 2 aromatic carbocycles. The van der Waals surface area contributed by atoms with E-state index in [2.05, 4.69) is 26.6 Å². The van der Waals surface area contributed by atoms with E-state index in [0.29, 0.717) is 70.0 Å². The van der Waals surface area contributed by atoms with Gasteiger partial charge in [-0.15, -0.1) is 23.5 Å². The maximum atomic E-state index is 14.8. The average Bonchev–Trinajstić information content (AvgIpc) is 4.06. The summed E-state index contributed by atoms with van der Waals surface area (Å²) in [7, 11) is 1.73. The topological polar surface area (TPSA) is 203 Å². The first-order valence-corrected chi connectivity index (χ1v) is 30.3. The Morgan fingerprint density at radius 2 is 1.17 bits per heavy atom. The third-order valence-electron chi connectivity index (χ3n) is 18.4. The lowest BCUT2D eigenvalue weighted by Crippen LogP contribution is -2.57. The van der Waals surface area contributed by atoms with Gasteiger partial charge in [0, 0.05) is 36.6 Å². The maximum Gasteiger partial charge on any atom is 0.246 e. The van der Waals surface area contributed by atoms with Gasteiger partial charge >= 0.3 is 0 Å². The molecule has 2 aromatic rings. The number of nitrogens with zero attached hydrogens (tertiary/aromatic N) is 2. The summed E-state index contributed by atoms with van der Waals surface area (Å²) in [5.41, 5.74) is 2.76. The Hall–Kier alpha value is -4.74. The van der Waals surface area contributed by atoms with Gasteiger partial charge in [-0.05, 0) is 135 Å². The third kappa shape index (κ3) is 11.3. The van der Waals surface area contributed by atoms with Crippen molar-refractivity contribution in [3.8, 4) is 0 Å². The predicted octanol–water partition coefficient (Wildman–Crippen LogP) is 6.57. The number of likely N-dealkylation sites (N-methyl/N-ethyl adjacent to an activating group) is 1. The number of hydrogen-bond acceptors (Lipinski definition) is 11. The molecule has 0 unspecified atom stereocenters. The molecule has 412 valence electrons. The number of benzene rings is 2. The van der Waals surface area contributed by atoms with Crippen LogP contribution < -0.4 is 26.6 Å². The molecule has 4 heterocycles. The Morgan fingerprint density at radius 1 is 0.645 bits per heavy atom. The summed E-state index contributed by atoms with van der Waals surface area (Å²) in [5, 5.41) is 15.6. The van der Waals surface area contributed by atoms with E-state index in [1.54, 1.807) is 47.3 Å². The van der Waals surface area contributed by atoms with Gasteiger partial charge in [0.25, 0.3) is 0 Å². The van der Waals surface area contributed by atoms with Gasteiger partial charge in [0.05, 0.1) is 34.8 Å². The van der Waals surface area contributed by atoms with Crippen LogP contribution in [-0.4, -0.2) is 116 Å². The smallest absolute Gasteiger partial charge is 0.246 e. The molecular formula is C59H81N7O8S2. The standard InChI is InChI=1S/C59H81N7O8S2/c1-9-32(2)52(69)62-43-23-25-76-47-31-59(6,7)51(66(47)57(43)74)55(72)64-49-40-17-13-11-15-36(40)28-42(49)53(70)61-38-20-18-34(19-21-38)26-45(68)41-27-35-14-10-12-16-39(35)48(41)63-54(71)50-58(4,5)30-46-65(50)56(73)37(22-24-75-46)29-44(67)33(3)60-8/h10-17,32-34,37-38,41-43,46-51,60H,9,18-31H2,1-8H3,(H,61,70)(H,62,69)(H,63,71)(H,64,72)/t32-,33+,34?,37-,38?,41+,42-,43+,46+,47+,48+,49+,50-,51-/m1/s1. The fourth-order valence-electron chi connectivity index (χ4n) is 13.7. The van der Waals surface area contributed by atoms with Crippen LogP contribution in [0.5, 0.6) is 0 Å². The van der Waals surface area contributed by atoms with Crippen LogP contribution in [0.3, 0.4) is 0 Å². The molecule has 6 amide bonds. The molecule has 7 aliphatic rings. The summed E-state index contributed by atoms with van der Waals surface area (Å²) in [6.07, 6.45) is 7.37. The molecule has 5 fully saturated rings. The van der Waals surface area contributed by atoms with Crippen LogP contribution in [0, 0.1) is 40.4 Å². The van der Waals surface area contributed by atoms with Gasteiger partial charge in [-0.2, -0.15) is 0 Å². The van der Waals surface area contributed by atoms with Gasteiger partial charge in [0.1, 0.15) is 29.7 Å². The highest BCUT2D eigenvalue weighted by atomic mass is 32.2. The number of Topliss-reactive ketones (excluding diaryl/α,β-unsaturated/α-hetero) is 2. The van der Waals surface area contributed by atoms with E-state index in [4.69, 9.17) is 0 Å². The Bertz CT molecular complexity index is 2410. The number of thioether (sulfide) groups is 2. The quantitative estimate of drug-likeness (QED) is 0.122. The largest absolute Gasteiger partial charge is 0.353 e. The van der Waals surface area contributed by atoms with Crippen LogP contribution >= 0.6 is 23.5 Å². The van der Waals surface area contributed by atoms with E-state index in [0.717, 1.165) is 40.8 Å². The van der Waals surface area contributed by atoms with Crippen LogP contribution in [0.25, 0.3) is 0 Å². The summed E-state index contributed by atoms with van der Waals surface area (Å²) >= 11 is 3.34. The number of hydrogen-bond donors (Lipinski definition) is 5. The number of carbonyl (C=O) groups excluding carboxylic acids is 8. The molecule has 1 saturated carbocycles. The lowest BCUT2D eigenvalue weighted by Gasteiger charge is -2.36. The number of carbonyl (C=O) groups is 8. The first-order chi connectivity index (χ1) is 36.2. The first-order valence-electron chi connectivity index (χ1n) is 28.2. The zero-order chi connectivity index (χ0) is 54.4. The van der Waals surface area contributed by atoms with Crippen molar-refractivity contribution in [3.05, 3.63) is 70.8 Å². The van der Waals surface area contributed by atoms with Crippen LogP contribution in [0.2, 0.25) is 0 Å². The van der Waals surface area contributed by atoms with Crippen molar-refractivity contribution in [3.63, 3.8) is 0 Å². The number of fused-ring (bicyclic) bond motifs is 4. The van der Waals surface area contributed by atoms with E-state index in [1.807, 2.05) is 90.1 Å². The minimum Gasteiger partial charge on any atom is -0.353 e. The summed E-state index contributed by atoms with van der Waals surface area (Å²) in [6.45, 7) is 13.7. The Morgan fingerprint density at radius 3 is 1.74 bits per heavy atom. The molecule has 76 heavy (non-hydrogen) atoms. The SMILES string of the molecule is CC[C@@H](C)C(=O)N[C@H]1CCS[C@H]2CC(C)(C)[C@@H](C(=O)N[C@H]3c4ccccc4C[C@H]3C(=O)NC3CCC(CC(=O)[C@@H]4Cc5ccccc5[C@@H]4NC(=O)[C@H]4N5C(=O)[C@@H](CC(=O)[C@H](C)NC)CCS[C@H]5CC4(C)C)CC3)N2C1=O. The number of amides is 6. The van der Waals surface area contributed by atoms with Crippen molar-refractivity contribution in [2.45, 2.75) is 185 Å². The summed E-state index contributed by atoms with van der Waals surface area (Å²) in [4.78, 5) is 117. The van der Waals surface area contributed by atoms with Crippen LogP contribution in [0.4, 0.5) is 0 Å². The van der Waals surface area contributed by atoms with Gasteiger partial charge < -0.3 is 36.4 Å². The second-order valence-electron chi connectivity index (χ2n) is 24.5. The molecule has 0 radical (unpaired) electrons. The monoisotopic (exact) mass is 1080 g/mol. The van der Waals surface area contributed by atoms with E-state index in [-0.39, 0.29) is 88.1 Å². The summed E-state index contributed by atoms with van der Waals surface area (Å²) < 4.78 is 0. The van der Waals surface area contributed by atoms with Crippen LogP contribution in [0.15, 0.2) is 48.5 Å². The van der Waals surface area contributed by atoms with Crippen molar-refractivity contribution >= 4 is 70.5 Å². The average molecular weight is 1080 g/mol. The van der Waals surface area contributed by atoms with E-state index < -0.39 is 58.8 Å². The third-order valence-corrected chi connectivity index (χ3v) is 20.9. The van der Waals surface area contributed by atoms with Crippen molar-refractivity contribution in [2.75, 3.05) is 18.6 Å². The number of nitrogens with one attached hydrogen (secondary N) is 5. The van der Waals surface area contributed by atoms with Crippen molar-refractivity contribution < 1.29 is 38.4 Å². The van der Waals surface area contributed by atoms with Crippen molar-refractivity contribution in [2.24, 2.45) is 40.4 Å². The minimum atomic E-state index is -0.793. The van der Waals surface area contributed by atoms with Gasteiger partial charge in [0.15, 0.2) is 0 Å². The second kappa shape index (κ2) is 22.9. The zero-order valence-corrected chi connectivity index (χ0v) is 47.4. The lowest BCUT2D eigenvalue weighted by molar-refractivity contribution is -0.145. The van der Waals surface area contributed by atoms with Gasteiger partial charge in [0.2, 0.25) is 35.4 Å². The number of rotatable bonds is 16. The highest BCUT2D eigenvalue weighted by molar-refractivity contribution is 8.00. The predicted molar refractivity (Wildman–Crippen MR) is 295 cm³/mol. The normalized spacial score (nSPS) is 32.1. The summed E-state index contributed by atoms with van der Waals surface area (Å²) in [5.74, 6) is -1.40. The number of ketones is 2. The first kappa shape index (κ1) is 56.0. The van der Waals surface area contributed by atoms with Crippen LogP contribution in [-0.2, 0) is 51.2 Å². The fraction of sp³-hybridized carbons (Fsp3) is 0.661. The molecule has 17 heteroatoms. The fourth-order valence-corrected chi connectivity index (χ4v) is 16.9. The van der Waals surface area contributed by atoms with Crippen molar-refractivity contribution in [1.29, 1.82) is 0 Å². The molecule has 15 nitrogen and oxygen atoms in total. The second-order valence-corrected chi connectivity index (χ2v) is 27.1. The molecule has 4 saturated heterocycles. The minimum absolute atomic E-state index is 0.0200. The van der Waals surface area contributed by atoms with Crippen molar-refractivity contribution in [1.82, 2.24) is 36.4 Å². The van der Waals surface area contributed by atoms with Gasteiger partial charge in [-0.1, -0.05) is 90.1 Å². The summed E-state index contributed by atoms with van der Waals surface area (Å²) in [6, 6.07) is 11.9. The van der Waals surface area contributed by atoms with Gasteiger partial charge in [-0.25, -0.2) is 0 Å². The Balaban J connectivity index is 0.830. The molecule has 0 aromatic heterocycles. The van der Waals surface area contributed by atoms with E-state index in [1.165, 1.54) is 0 Å². The molecule has 5 N–H and O–H groups in total. The molecule has 12 atom stereocenters. The molecule has 9 rings (SSSR count). The maximum absolute atomic E-state index is 14.8. The molecular weight excluding hydrogens is 999 g/mol.